The summed E-state index contributed by atoms with van der Waals surface area (Å²) in [5.74, 6) is -1.57. The Hall–Kier alpha value is -2.91. The number of nitrogens with one attached hydrogen (secondary N) is 2. The van der Waals surface area contributed by atoms with Gasteiger partial charge in [0.1, 0.15) is 11.6 Å². The minimum Gasteiger partial charge on any atom is -0.480 e. The largest absolute Gasteiger partial charge is 0.480 e. The number of alkyl carbamates (subject to hydrolysis) is 1. The maximum atomic E-state index is 12.4. The third kappa shape index (κ3) is 8.86. The number of aliphatic carboxylic acids is 1. The summed E-state index contributed by atoms with van der Waals surface area (Å²) in [6, 6.07) is -1.05. The molecule has 1 heterocycles. The van der Waals surface area contributed by atoms with Gasteiger partial charge in [0.25, 0.3) is 11.8 Å². The monoisotopic (exact) mass is 465 g/mol. The van der Waals surface area contributed by atoms with Crippen molar-refractivity contribution in [1.82, 2.24) is 15.5 Å². The van der Waals surface area contributed by atoms with Crippen molar-refractivity contribution >= 4 is 29.8 Å². The van der Waals surface area contributed by atoms with E-state index in [2.05, 4.69) is 10.6 Å². The Bertz CT molecular complexity index is 761. The number of rotatable bonds is 10. The van der Waals surface area contributed by atoms with Crippen molar-refractivity contribution < 1.29 is 33.8 Å². The first kappa shape index (κ1) is 26.3. The molecule has 33 heavy (non-hydrogen) atoms. The number of unbranched alkanes of at least 4 members (excludes halogenated alkanes) is 1. The molecule has 0 aromatic heterocycles. The molecular formula is C23H35N3O7. The second kappa shape index (κ2) is 11.8. The van der Waals surface area contributed by atoms with Crippen molar-refractivity contribution in [3.05, 3.63) is 12.2 Å². The second-order valence-electron chi connectivity index (χ2n) is 9.66. The molecule has 0 bridgehead atoms. The minimum absolute atomic E-state index is 0.0230. The summed E-state index contributed by atoms with van der Waals surface area (Å²) in [4.78, 5) is 60.2. The van der Waals surface area contributed by atoms with Gasteiger partial charge in [0.05, 0.1) is 0 Å². The van der Waals surface area contributed by atoms with Crippen molar-refractivity contribution in [3.63, 3.8) is 0 Å². The molecule has 10 nitrogen and oxygen atoms in total. The lowest BCUT2D eigenvalue weighted by atomic mass is 9.81. The van der Waals surface area contributed by atoms with E-state index in [4.69, 9.17) is 4.74 Å². The van der Waals surface area contributed by atoms with Crippen LogP contribution in [-0.2, 0) is 23.9 Å². The molecule has 2 aliphatic rings. The van der Waals surface area contributed by atoms with Gasteiger partial charge in [-0.05, 0) is 71.6 Å². The van der Waals surface area contributed by atoms with Gasteiger partial charge < -0.3 is 20.5 Å². The lowest BCUT2D eigenvalue weighted by Crippen LogP contribution is -2.43. The van der Waals surface area contributed by atoms with Crippen LogP contribution in [0, 0.1) is 11.8 Å². The van der Waals surface area contributed by atoms with Gasteiger partial charge in [0.15, 0.2) is 0 Å². The normalized spacial score (nSPS) is 21.6. The topological polar surface area (TPSA) is 142 Å². The summed E-state index contributed by atoms with van der Waals surface area (Å²) in [6.45, 7) is 5.93. The van der Waals surface area contributed by atoms with Crippen LogP contribution in [0.2, 0.25) is 0 Å². The molecule has 0 spiro atoms. The highest BCUT2D eigenvalue weighted by Gasteiger charge is 2.31. The van der Waals surface area contributed by atoms with Crippen molar-refractivity contribution in [1.29, 1.82) is 0 Å². The first-order chi connectivity index (χ1) is 15.5. The number of imide groups is 1. The number of hydrogen-bond acceptors (Lipinski definition) is 6. The van der Waals surface area contributed by atoms with Crippen molar-refractivity contribution in [2.24, 2.45) is 11.8 Å². The number of carbonyl (C=O) groups excluding carboxylic acids is 4. The van der Waals surface area contributed by atoms with Gasteiger partial charge in [-0.3, -0.25) is 19.3 Å². The van der Waals surface area contributed by atoms with Crippen LogP contribution in [0.15, 0.2) is 12.2 Å². The zero-order valence-corrected chi connectivity index (χ0v) is 19.6. The molecule has 1 saturated carbocycles. The number of carboxylic acid groups (broad SMARTS) is 1. The lowest BCUT2D eigenvalue weighted by Gasteiger charge is -2.30. The van der Waals surface area contributed by atoms with Gasteiger partial charge in [-0.1, -0.05) is 0 Å². The van der Waals surface area contributed by atoms with Crippen molar-refractivity contribution in [3.8, 4) is 0 Å². The van der Waals surface area contributed by atoms with Gasteiger partial charge >= 0.3 is 12.1 Å². The summed E-state index contributed by atoms with van der Waals surface area (Å²) in [6.07, 6.45) is 6.13. The van der Waals surface area contributed by atoms with Gasteiger partial charge in [-0.2, -0.15) is 0 Å². The second-order valence-corrected chi connectivity index (χ2v) is 9.66. The Morgan fingerprint density at radius 3 is 2.24 bits per heavy atom. The standard InChI is InChI=1S/C23H35N3O7/c1-23(2,3)33-22(32)25-17(21(30)31)6-4-5-13-24-20(29)16-9-7-15(8-10-16)14-26-18(27)11-12-19(26)28/h11-12,15-17H,4-10,13-14H2,1-3H3,(H,24,29)(H,25,32)(H,30,31). The van der Waals surface area contributed by atoms with Gasteiger partial charge in [0.2, 0.25) is 5.91 Å². The maximum absolute atomic E-state index is 12.4. The molecule has 184 valence electrons. The van der Waals surface area contributed by atoms with Crippen LogP contribution < -0.4 is 10.6 Å². The van der Waals surface area contributed by atoms with E-state index in [0.717, 1.165) is 12.8 Å². The molecule has 1 fully saturated rings. The van der Waals surface area contributed by atoms with Crippen LogP contribution in [0.4, 0.5) is 4.79 Å². The average molecular weight is 466 g/mol. The predicted octanol–water partition coefficient (Wildman–Crippen LogP) is 1.98. The molecule has 0 radical (unpaired) electrons. The predicted molar refractivity (Wildman–Crippen MR) is 119 cm³/mol. The summed E-state index contributed by atoms with van der Waals surface area (Å²) >= 11 is 0. The van der Waals surface area contributed by atoms with Crippen LogP contribution in [0.1, 0.15) is 65.7 Å². The third-order valence-electron chi connectivity index (χ3n) is 5.77. The van der Waals surface area contributed by atoms with E-state index in [1.54, 1.807) is 20.8 Å². The molecule has 1 aliphatic carbocycles. The Morgan fingerprint density at radius 2 is 1.70 bits per heavy atom. The SMILES string of the molecule is CC(C)(C)OC(=O)NC(CCCCNC(=O)C1CCC(CN2C(=O)C=CC2=O)CC1)C(=O)O. The van der Waals surface area contributed by atoms with Gasteiger partial charge in [-0.25, -0.2) is 9.59 Å². The fourth-order valence-corrected chi connectivity index (χ4v) is 4.01. The van der Waals surface area contributed by atoms with E-state index in [0.29, 0.717) is 38.8 Å². The maximum Gasteiger partial charge on any atom is 0.408 e. The smallest absolute Gasteiger partial charge is 0.408 e. The molecule has 10 heteroatoms. The van der Waals surface area contributed by atoms with Gasteiger partial charge in [-0.15, -0.1) is 0 Å². The van der Waals surface area contributed by atoms with E-state index >= 15 is 0 Å². The number of ether oxygens (including phenoxy) is 1. The van der Waals surface area contributed by atoms with Crippen molar-refractivity contribution in [2.75, 3.05) is 13.1 Å². The zero-order chi connectivity index (χ0) is 24.6. The number of carboxylic acids is 1. The Morgan fingerprint density at radius 1 is 1.09 bits per heavy atom. The van der Waals surface area contributed by atoms with E-state index < -0.39 is 23.7 Å². The molecule has 0 saturated heterocycles. The van der Waals surface area contributed by atoms with Crippen molar-refractivity contribution in [2.45, 2.75) is 77.4 Å². The van der Waals surface area contributed by atoms with E-state index in [1.165, 1.54) is 17.1 Å². The van der Waals surface area contributed by atoms with Gasteiger partial charge in [0, 0.05) is 31.2 Å². The molecule has 0 aromatic rings. The quantitative estimate of drug-likeness (QED) is 0.331. The number of hydrogen-bond donors (Lipinski definition) is 3. The molecule has 1 atom stereocenters. The minimum atomic E-state index is -1.13. The summed E-state index contributed by atoms with van der Waals surface area (Å²) in [7, 11) is 0. The van der Waals surface area contributed by atoms with Crippen LogP contribution in [0.5, 0.6) is 0 Å². The van der Waals surface area contributed by atoms with Crippen LogP contribution in [0.3, 0.4) is 0 Å². The molecule has 4 amide bonds. The number of amides is 4. The number of nitrogens with zero attached hydrogens (tertiary/aromatic N) is 1. The summed E-state index contributed by atoms with van der Waals surface area (Å²) in [5.41, 5.74) is -0.712. The highest BCUT2D eigenvalue weighted by Crippen LogP contribution is 2.30. The fourth-order valence-electron chi connectivity index (χ4n) is 4.01. The molecule has 3 N–H and O–H groups in total. The van der Waals surface area contributed by atoms with E-state index in [1.807, 2.05) is 0 Å². The summed E-state index contributed by atoms with van der Waals surface area (Å²) in [5, 5.41) is 14.6. The van der Waals surface area contributed by atoms with Crippen LogP contribution in [0.25, 0.3) is 0 Å². The Labute approximate surface area is 194 Å². The molecular weight excluding hydrogens is 430 g/mol. The summed E-state index contributed by atoms with van der Waals surface area (Å²) < 4.78 is 5.09. The highest BCUT2D eigenvalue weighted by atomic mass is 16.6. The third-order valence-corrected chi connectivity index (χ3v) is 5.77. The Balaban J connectivity index is 1.62. The fraction of sp³-hybridized carbons (Fsp3) is 0.696. The molecule has 1 aliphatic heterocycles. The van der Waals surface area contributed by atoms with Crippen LogP contribution in [-0.4, -0.2) is 64.5 Å². The molecule has 2 rings (SSSR count). The Kier molecular flexibility index (Phi) is 9.43. The average Bonchev–Trinajstić information content (AvgIpc) is 3.03. The van der Waals surface area contributed by atoms with Crippen LogP contribution >= 0.6 is 0 Å². The number of carbonyl (C=O) groups is 5. The first-order valence-corrected chi connectivity index (χ1v) is 11.5. The molecule has 1 unspecified atom stereocenters. The van der Waals surface area contributed by atoms with E-state index in [9.17, 15) is 29.1 Å². The first-order valence-electron chi connectivity index (χ1n) is 11.5. The lowest BCUT2D eigenvalue weighted by molar-refractivity contribution is -0.140. The zero-order valence-electron chi connectivity index (χ0n) is 19.6. The highest BCUT2D eigenvalue weighted by molar-refractivity contribution is 6.12. The van der Waals surface area contributed by atoms with E-state index in [-0.39, 0.29) is 36.0 Å². The molecule has 0 aromatic carbocycles.